The Morgan fingerprint density at radius 2 is 2.05 bits per heavy atom. The molecule has 0 spiro atoms. The topological polar surface area (TPSA) is 72.6 Å². The summed E-state index contributed by atoms with van der Waals surface area (Å²) in [6.45, 7) is 0.907. The minimum Gasteiger partial charge on any atom is -0.463 e. The predicted molar refractivity (Wildman–Crippen MR) is 82.4 cm³/mol. The first kappa shape index (κ1) is 14.9. The number of fused-ring (bicyclic) bond motifs is 1. The third-order valence-electron chi connectivity index (χ3n) is 4.73. The summed E-state index contributed by atoms with van der Waals surface area (Å²) in [5.74, 6) is -0.350. The van der Waals surface area contributed by atoms with E-state index in [9.17, 15) is 9.59 Å². The van der Waals surface area contributed by atoms with Crippen LogP contribution in [0.15, 0.2) is 24.3 Å². The van der Waals surface area contributed by atoms with Crippen LogP contribution in [0.5, 0.6) is 0 Å². The van der Waals surface area contributed by atoms with Crippen LogP contribution in [0, 0.1) is 0 Å². The van der Waals surface area contributed by atoms with E-state index in [1.807, 2.05) is 18.2 Å². The fraction of sp³-hybridized carbons (Fsp3) is 0.529. The molecule has 0 saturated carbocycles. The molecule has 5 nitrogen and oxygen atoms in total. The van der Waals surface area contributed by atoms with Gasteiger partial charge in [-0.1, -0.05) is 24.3 Å². The second kappa shape index (κ2) is 6.38. The van der Waals surface area contributed by atoms with E-state index in [1.54, 1.807) is 4.90 Å². The average molecular weight is 302 g/mol. The van der Waals surface area contributed by atoms with Crippen molar-refractivity contribution < 1.29 is 14.3 Å². The van der Waals surface area contributed by atoms with Crippen molar-refractivity contribution in [3.8, 4) is 0 Å². The van der Waals surface area contributed by atoms with Crippen molar-refractivity contribution in [2.45, 2.75) is 44.1 Å². The first-order valence-corrected chi connectivity index (χ1v) is 7.97. The highest BCUT2D eigenvalue weighted by Gasteiger charge is 2.31. The lowest BCUT2D eigenvalue weighted by molar-refractivity contribution is -0.147. The zero-order valence-electron chi connectivity index (χ0n) is 12.7. The van der Waals surface area contributed by atoms with Gasteiger partial charge in [-0.05, 0) is 43.2 Å². The van der Waals surface area contributed by atoms with E-state index in [1.165, 1.54) is 5.56 Å². The molecule has 5 heteroatoms. The van der Waals surface area contributed by atoms with Crippen molar-refractivity contribution in [3.63, 3.8) is 0 Å². The summed E-state index contributed by atoms with van der Waals surface area (Å²) in [7, 11) is 0. The van der Waals surface area contributed by atoms with E-state index < -0.39 is 6.03 Å². The van der Waals surface area contributed by atoms with E-state index in [4.69, 9.17) is 10.5 Å². The largest absolute Gasteiger partial charge is 0.463 e. The summed E-state index contributed by atoms with van der Waals surface area (Å²) in [5.41, 5.74) is 7.69. The summed E-state index contributed by atoms with van der Waals surface area (Å²) in [6.07, 6.45) is 4.63. The lowest BCUT2D eigenvalue weighted by Gasteiger charge is -2.26. The van der Waals surface area contributed by atoms with E-state index in [0.29, 0.717) is 6.54 Å². The maximum Gasteiger partial charge on any atom is 0.315 e. The van der Waals surface area contributed by atoms with E-state index in [0.717, 1.165) is 37.7 Å². The van der Waals surface area contributed by atoms with Gasteiger partial charge in [0.15, 0.2) is 0 Å². The van der Waals surface area contributed by atoms with Crippen molar-refractivity contribution in [2.75, 3.05) is 13.2 Å². The van der Waals surface area contributed by atoms with Crippen molar-refractivity contribution >= 4 is 12.0 Å². The number of primary amides is 1. The molecule has 22 heavy (non-hydrogen) atoms. The third-order valence-corrected chi connectivity index (χ3v) is 4.73. The number of hydrogen-bond acceptors (Lipinski definition) is 3. The summed E-state index contributed by atoms with van der Waals surface area (Å²) in [6, 6.07) is 7.58. The first-order chi connectivity index (χ1) is 10.7. The number of ether oxygens (including phenoxy) is 1. The minimum atomic E-state index is -0.429. The number of hydrogen-bond donors (Lipinski definition) is 1. The molecule has 1 fully saturated rings. The summed E-state index contributed by atoms with van der Waals surface area (Å²) < 4.78 is 5.51. The SMILES string of the molecule is NC(=O)N1CCCC1COC(=O)C1CCCc2ccccc21. The lowest BCUT2D eigenvalue weighted by atomic mass is 9.83. The van der Waals surface area contributed by atoms with Gasteiger partial charge in [0, 0.05) is 6.54 Å². The molecule has 0 aromatic heterocycles. The number of aryl methyl sites for hydroxylation is 1. The van der Waals surface area contributed by atoms with Gasteiger partial charge in [0.05, 0.1) is 12.0 Å². The van der Waals surface area contributed by atoms with Crippen LogP contribution in [0.1, 0.15) is 42.7 Å². The number of amides is 2. The molecule has 1 aliphatic heterocycles. The van der Waals surface area contributed by atoms with Gasteiger partial charge in [0.1, 0.15) is 6.61 Å². The van der Waals surface area contributed by atoms with Crippen molar-refractivity contribution in [1.29, 1.82) is 0 Å². The zero-order valence-corrected chi connectivity index (χ0v) is 12.7. The van der Waals surface area contributed by atoms with Crippen LogP contribution in [0.3, 0.4) is 0 Å². The zero-order chi connectivity index (χ0) is 15.5. The molecule has 0 bridgehead atoms. The standard InChI is InChI=1S/C17H22N2O3/c18-17(21)19-10-4-7-13(19)11-22-16(20)15-9-3-6-12-5-1-2-8-14(12)15/h1-2,5,8,13,15H,3-4,6-7,9-11H2,(H2,18,21). The second-order valence-corrected chi connectivity index (χ2v) is 6.10. The Balaban J connectivity index is 1.62. The quantitative estimate of drug-likeness (QED) is 0.870. The fourth-order valence-corrected chi connectivity index (χ4v) is 3.58. The van der Waals surface area contributed by atoms with Crippen LogP contribution in [0.2, 0.25) is 0 Å². The molecule has 1 aliphatic carbocycles. The Hall–Kier alpha value is -2.04. The highest BCUT2D eigenvalue weighted by molar-refractivity contribution is 5.79. The maximum atomic E-state index is 12.4. The second-order valence-electron chi connectivity index (χ2n) is 6.10. The van der Waals surface area contributed by atoms with E-state index in [2.05, 4.69) is 6.07 Å². The number of nitrogens with zero attached hydrogens (tertiary/aromatic N) is 1. The monoisotopic (exact) mass is 302 g/mol. The number of nitrogens with two attached hydrogens (primary N) is 1. The number of likely N-dealkylation sites (tertiary alicyclic amines) is 1. The Labute approximate surface area is 130 Å². The highest BCUT2D eigenvalue weighted by Crippen LogP contribution is 2.32. The first-order valence-electron chi connectivity index (χ1n) is 7.97. The van der Waals surface area contributed by atoms with Gasteiger partial charge in [0.25, 0.3) is 0 Å². The van der Waals surface area contributed by atoms with Crippen LogP contribution in [0.4, 0.5) is 4.79 Å². The Morgan fingerprint density at radius 1 is 1.23 bits per heavy atom. The van der Waals surface area contributed by atoms with Crippen LogP contribution >= 0.6 is 0 Å². The van der Waals surface area contributed by atoms with Crippen molar-refractivity contribution in [1.82, 2.24) is 4.90 Å². The van der Waals surface area contributed by atoms with Gasteiger partial charge in [0.2, 0.25) is 0 Å². The van der Waals surface area contributed by atoms with Gasteiger partial charge < -0.3 is 15.4 Å². The number of esters is 1. The van der Waals surface area contributed by atoms with Gasteiger partial charge in [-0.2, -0.15) is 0 Å². The van der Waals surface area contributed by atoms with E-state index >= 15 is 0 Å². The van der Waals surface area contributed by atoms with Gasteiger partial charge in [-0.25, -0.2) is 4.79 Å². The molecule has 3 rings (SSSR count). The Morgan fingerprint density at radius 3 is 2.86 bits per heavy atom. The van der Waals surface area contributed by atoms with Crippen molar-refractivity contribution in [2.24, 2.45) is 5.73 Å². The van der Waals surface area contributed by atoms with Crippen LogP contribution in [-0.4, -0.2) is 36.1 Å². The van der Waals surface area contributed by atoms with Crippen LogP contribution in [-0.2, 0) is 16.0 Å². The number of benzene rings is 1. The Bertz CT molecular complexity index is 573. The van der Waals surface area contributed by atoms with Crippen LogP contribution < -0.4 is 5.73 Å². The minimum absolute atomic E-state index is 0.0692. The van der Waals surface area contributed by atoms with Crippen molar-refractivity contribution in [3.05, 3.63) is 35.4 Å². The van der Waals surface area contributed by atoms with Crippen LogP contribution in [0.25, 0.3) is 0 Å². The van der Waals surface area contributed by atoms with Gasteiger partial charge in [-0.15, -0.1) is 0 Å². The molecule has 1 saturated heterocycles. The maximum absolute atomic E-state index is 12.4. The predicted octanol–water partition coefficient (Wildman–Crippen LogP) is 2.19. The average Bonchev–Trinajstić information content (AvgIpc) is 3.01. The number of urea groups is 1. The normalized spacial score (nSPS) is 23.9. The third kappa shape index (κ3) is 2.93. The Kier molecular flexibility index (Phi) is 4.32. The lowest BCUT2D eigenvalue weighted by Crippen LogP contribution is -2.42. The van der Waals surface area contributed by atoms with Gasteiger partial charge >= 0.3 is 12.0 Å². The molecule has 2 atom stereocenters. The molecular formula is C17H22N2O3. The summed E-state index contributed by atoms with van der Waals surface area (Å²) >= 11 is 0. The number of carbonyl (C=O) groups excluding carboxylic acids is 2. The number of rotatable bonds is 3. The smallest absolute Gasteiger partial charge is 0.315 e. The highest BCUT2D eigenvalue weighted by atomic mass is 16.5. The summed E-state index contributed by atoms with van der Waals surface area (Å²) in [4.78, 5) is 25.4. The molecule has 2 aliphatic rings. The molecule has 1 heterocycles. The molecule has 2 amide bonds. The fourth-order valence-electron chi connectivity index (χ4n) is 3.58. The molecule has 118 valence electrons. The molecule has 0 radical (unpaired) electrons. The summed E-state index contributed by atoms with van der Waals surface area (Å²) in [5, 5.41) is 0. The molecular weight excluding hydrogens is 280 g/mol. The number of carbonyl (C=O) groups is 2. The molecule has 1 aromatic rings. The molecule has 2 N–H and O–H groups in total. The molecule has 1 aromatic carbocycles. The molecule has 2 unspecified atom stereocenters. The van der Waals surface area contributed by atoms with E-state index in [-0.39, 0.29) is 24.5 Å². The van der Waals surface area contributed by atoms with Gasteiger partial charge in [-0.3, -0.25) is 4.79 Å².